The minimum absolute atomic E-state index is 0.0253. The van der Waals surface area contributed by atoms with E-state index in [1.54, 1.807) is 6.20 Å². The van der Waals surface area contributed by atoms with E-state index in [1.807, 2.05) is 19.1 Å². The lowest BCUT2D eigenvalue weighted by atomic mass is 9.75. The third-order valence-corrected chi connectivity index (χ3v) is 3.26. The van der Waals surface area contributed by atoms with Crippen LogP contribution in [0.3, 0.4) is 0 Å². The number of anilines is 1. The molecule has 1 aromatic rings. The molecule has 1 heterocycles. The normalized spacial score (nSPS) is 21.4. The van der Waals surface area contributed by atoms with Gasteiger partial charge in [-0.2, -0.15) is 0 Å². The number of nitrogens with zero attached hydrogens (tertiary/aromatic N) is 1. The highest BCUT2D eigenvalue weighted by Crippen LogP contribution is 2.46. The van der Waals surface area contributed by atoms with Gasteiger partial charge in [0.15, 0.2) is 0 Å². The van der Waals surface area contributed by atoms with Gasteiger partial charge < -0.3 is 5.73 Å². The van der Waals surface area contributed by atoms with Crippen LogP contribution in [0, 0.1) is 5.92 Å². The summed E-state index contributed by atoms with van der Waals surface area (Å²) in [5.41, 5.74) is 6.72. The van der Waals surface area contributed by atoms with Crippen molar-refractivity contribution in [3.05, 3.63) is 23.9 Å². The number of rotatable bonds is 3. The summed E-state index contributed by atoms with van der Waals surface area (Å²) >= 11 is 0. The molecule has 88 valence electrons. The molecule has 0 unspecified atom stereocenters. The zero-order valence-electron chi connectivity index (χ0n) is 9.29. The number of nitrogens with two attached hydrogens (primary N) is 1. The lowest BCUT2D eigenvalue weighted by Gasteiger charge is -2.36. The van der Waals surface area contributed by atoms with E-state index in [-0.39, 0.29) is 24.7 Å². The van der Waals surface area contributed by atoms with Gasteiger partial charge in [-0.1, -0.05) is 13.0 Å². The molecule has 4 heteroatoms. The number of hydrogen-bond acceptors (Lipinski definition) is 2. The lowest BCUT2D eigenvalue weighted by molar-refractivity contribution is -0.113. The molecule has 2 nitrogen and oxygen atoms in total. The maximum absolute atomic E-state index is 12.7. The summed E-state index contributed by atoms with van der Waals surface area (Å²) in [7, 11) is 0. The van der Waals surface area contributed by atoms with Crippen molar-refractivity contribution in [2.75, 3.05) is 5.73 Å². The van der Waals surface area contributed by atoms with Gasteiger partial charge in [-0.05, 0) is 29.9 Å². The molecule has 1 fully saturated rings. The third kappa shape index (κ3) is 2.31. The molecule has 0 amide bonds. The molecule has 1 saturated carbocycles. The van der Waals surface area contributed by atoms with Crippen molar-refractivity contribution < 1.29 is 8.78 Å². The number of halogens is 2. The van der Waals surface area contributed by atoms with Gasteiger partial charge in [-0.15, -0.1) is 0 Å². The Labute approximate surface area is 93.9 Å². The molecular weight excluding hydrogens is 210 g/mol. The molecule has 0 radical (unpaired) electrons. The fraction of sp³-hybridized carbons (Fsp3) is 0.583. The van der Waals surface area contributed by atoms with Gasteiger partial charge in [0.1, 0.15) is 5.82 Å². The number of alkyl halides is 2. The maximum atomic E-state index is 12.7. The monoisotopic (exact) mass is 226 g/mol. The Kier molecular flexibility index (Phi) is 2.82. The average Bonchev–Trinajstić information content (AvgIpc) is 2.15. The highest BCUT2D eigenvalue weighted by Gasteiger charge is 2.45. The van der Waals surface area contributed by atoms with Crippen LogP contribution in [0.15, 0.2) is 18.3 Å². The first-order valence-corrected chi connectivity index (χ1v) is 5.56. The maximum Gasteiger partial charge on any atom is 0.248 e. The number of nitrogen functional groups attached to an aromatic ring is 1. The summed E-state index contributed by atoms with van der Waals surface area (Å²) in [6.07, 6.45) is 2.46. The second-order valence-electron chi connectivity index (χ2n) is 4.74. The third-order valence-electron chi connectivity index (χ3n) is 3.26. The molecule has 1 aromatic heterocycles. The number of hydrogen-bond donors (Lipinski definition) is 1. The van der Waals surface area contributed by atoms with E-state index in [4.69, 9.17) is 5.73 Å². The molecule has 0 aromatic carbocycles. The van der Waals surface area contributed by atoms with Crippen LogP contribution in [0.2, 0.25) is 0 Å². The van der Waals surface area contributed by atoms with Crippen molar-refractivity contribution >= 4 is 5.82 Å². The van der Waals surface area contributed by atoms with Gasteiger partial charge in [-0.25, -0.2) is 13.8 Å². The van der Waals surface area contributed by atoms with E-state index in [0.717, 1.165) is 12.0 Å². The van der Waals surface area contributed by atoms with Gasteiger partial charge in [0, 0.05) is 19.0 Å². The minimum Gasteiger partial charge on any atom is -0.383 e. The topological polar surface area (TPSA) is 38.9 Å². The molecule has 0 aliphatic heterocycles. The molecule has 2 rings (SSSR count). The van der Waals surface area contributed by atoms with E-state index in [0.29, 0.717) is 5.82 Å². The van der Waals surface area contributed by atoms with E-state index < -0.39 is 5.92 Å². The van der Waals surface area contributed by atoms with Crippen molar-refractivity contribution in [1.82, 2.24) is 4.98 Å². The molecule has 0 spiro atoms. The van der Waals surface area contributed by atoms with Gasteiger partial charge in [0.25, 0.3) is 0 Å². The standard InChI is InChI=1S/C12H16F2N2/c1-8(5-9-6-12(13,14)7-9)10-3-2-4-16-11(10)15/h2-4,8-9H,5-7H2,1H3,(H2,15,16)/t8-/m1/s1. The number of pyridine rings is 1. The molecule has 16 heavy (non-hydrogen) atoms. The first-order chi connectivity index (χ1) is 7.48. The van der Waals surface area contributed by atoms with Crippen LogP contribution in [0.25, 0.3) is 0 Å². The Balaban J connectivity index is 1.94. The highest BCUT2D eigenvalue weighted by molar-refractivity contribution is 5.40. The van der Waals surface area contributed by atoms with Crippen molar-refractivity contribution in [2.45, 2.75) is 38.0 Å². The predicted octanol–water partition coefficient (Wildman–Crippen LogP) is 3.20. The van der Waals surface area contributed by atoms with Crippen LogP contribution in [0.5, 0.6) is 0 Å². The zero-order valence-corrected chi connectivity index (χ0v) is 9.29. The highest BCUT2D eigenvalue weighted by atomic mass is 19.3. The molecule has 1 aliphatic rings. The quantitative estimate of drug-likeness (QED) is 0.859. The Hall–Kier alpha value is -1.19. The van der Waals surface area contributed by atoms with Crippen LogP contribution >= 0.6 is 0 Å². The molecule has 0 bridgehead atoms. The largest absolute Gasteiger partial charge is 0.383 e. The molecule has 1 atom stereocenters. The van der Waals surface area contributed by atoms with E-state index >= 15 is 0 Å². The van der Waals surface area contributed by atoms with Crippen molar-refractivity contribution in [2.24, 2.45) is 5.92 Å². The Bertz CT molecular complexity index is 371. The van der Waals surface area contributed by atoms with Crippen LogP contribution in [0.1, 0.15) is 37.7 Å². The van der Waals surface area contributed by atoms with Gasteiger partial charge in [0.2, 0.25) is 5.92 Å². The summed E-state index contributed by atoms with van der Waals surface area (Å²) in [4.78, 5) is 4.01. The van der Waals surface area contributed by atoms with Crippen LogP contribution in [-0.4, -0.2) is 10.9 Å². The predicted molar refractivity (Wildman–Crippen MR) is 59.4 cm³/mol. The minimum atomic E-state index is -2.43. The van der Waals surface area contributed by atoms with Crippen molar-refractivity contribution in [1.29, 1.82) is 0 Å². The van der Waals surface area contributed by atoms with Crippen molar-refractivity contribution in [3.63, 3.8) is 0 Å². The number of aromatic nitrogens is 1. The Morgan fingerprint density at radius 1 is 1.56 bits per heavy atom. The summed E-state index contributed by atoms with van der Waals surface area (Å²) in [5, 5.41) is 0. The van der Waals surface area contributed by atoms with Gasteiger partial charge >= 0.3 is 0 Å². The smallest absolute Gasteiger partial charge is 0.248 e. The zero-order chi connectivity index (χ0) is 11.8. The van der Waals surface area contributed by atoms with Crippen LogP contribution in [0.4, 0.5) is 14.6 Å². The second kappa shape index (κ2) is 4.00. The first-order valence-electron chi connectivity index (χ1n) is 5.56. The summed E-state index contributed by atoms with van der Waals surface area (Å²) in [5.74, 6) is -1.58. The molecular formula is C12H16F2N2. The summed E-state index contributed by atoms with van der Waals surface area (Å²) in [6.45, 7) is 2.02. The lowest BCUT2D eigenvalue weighted by Crippen LogP contribution is -2.35. The van der Waals surface area contributed by atoms with Gasteiger partial charge in [0.05, 0.1) is 0 Å². The first kappa shape index (κ1) is 11.3. The molecule has 1 aliphatic carbocycles. The second-order valence-corrected chi connectivity index (χ2v) is 4.74. The van der Waals surface area contributed by atoms with E-state index in [2.05, 4.69) is 4.98 Å². The Morgan fingerprint density at radius 2 is 2.25 bits per heavy atom. The summed E-state index contributed by atoms with van der Waals surface area (Å²) in [6, 6.07) is 3.75. The van der Waals surface area contributed by atoms with Gasteiger partial charge in [-0.3, -0.25) is 0 Å². The van der Waals surface area contributed by atoms with E-state index in [9.17, 15) is 8.78 Å². The SMILES string of the molecule is C[C@H](CC1CC(F)(F)C1)c1cccnc1N. The molecule has 0 saturated heterocycles. The van der Waals surface area contributed by atoms with E-state index in [1.165, 1.54) is 0 Å². The molecule has 2 N–H and O–H groups in total. The van der Waals surface area contributed by atoms with Crippen LogP contribution < -0.4 is 5.73 Å². The fourth-order valence-corrected chi connectivity index (χ4v) is 2.43. The van der Waals surface area contributed by atoms with Crippen LogP contribution in [-0.2, 0) is 0 Å². The fourth-order valence-electron chi connectivity index (χ4n) is 2.43. The summed E-state index contributed by atoms with van der Waals surface area (Å²) < 4.78 is 25.4. The van der Waals surface area contributed by atoms with Crippen molar-refractivity contribution in [3.8, 4) is 0 Å². The average molecular weight is 226 g/mol. The Morgan fingerprint density at radius 3 is 2.81 bits per heavy atom.